The predicted molar refractivity (Wildman–Crippen MR) is 238 cm³/mol. The van der Waals surface area contributed by atoms with E-state index in [4.69, 9.17) is 73.7 Å². The molecule has 0 N–H and O–H groups in total. The number of rotatable bonds is 20. The van der Waals surface area contributed by atoms with Crippen molar-refractivity contribution in [2.45, 2.75) is 102 Å². The summed E-state index contributed by atoms with van der Waals surface area (Å²) in [6, 6.07) is 2.98. The van der Waals surface area contributed by atoms with Crippen LogP contribution in [0, 0.1) is 0 Å². The average molecular weight is 992 g/mol. The minimum absolute atomic E-state index is 0.316. The predicted octanol–water partition coefficient (Wildman–Crippen LogP) is 2.44. The summed E-state index contributed by atoms with van der Waals surface area (Å²) < 4.78 is 96.2. The van der Waals surface area contributed by atoms with Crippen molar-refractivity contribution in [3.8, 4) is 0 Å². The van der Waals surface area contributed by atoms with Crippen molar-refractivity contribution >= 4 is 96.4 Å². The van der Waals surface area contributed by atoms with Gasteiger partial charge in [-0.25, -0.2) is 4.79 Å². The van der Waals surface area contributed by atoms with Crippen LogP contribution in [0.15, 0.2) is 12.2 Å². The summed E-state index contributed by atoms with van der Waals surface area (Å²) in [5.74, 6) is -0.375. The van der Waals surface area contributed by atoms with Crippen LogP contribution in [-0.2, 0) is 78.5 Å². The smallest absolute Gasteiger partial charge is 0.462 e. The number of esters is 1. The second-order valence-electron chi connectivity index (χ2n) is 13.9. The molecule has 0 saturated carbocycles. The number of ether oxygens (including phenoxy) is 3. The number of hydrogen-bond donors (Lipinski definition) is 0. The number of hydrogen-bond acceptors (Lipinski definition) is 18. The van der Waals surface area contributed by atoms with E-state index in [2.05, 4.69) is 39.3 Å². The first-order valence-electron chi connectivity index (χ1n) is 19.4. The lowest BCUT2D eigenvalue weighted by Gasteiger charge is -2.38. The van der Waals surface area contributed by atoms with Gasteiger partial charge in [0, 0.05) is 66.9 Å². The van der Waals surface area contributed by atoms with E-state index >= 15 is 0 Å². The molecule has 0 amide bonds. The normalized spacial score (nSPS) is 30.9. The summed E-state index contributed by atoms with van der Waals surface area (Å²) in [4.78, 5) is 11.1. The molecular weight excluding hydrogens is 917 g/mol. The van der Waals surface area contributed by atoms with E-state index in [1.54, 1.807) is 49.6 Å². The second-order valence-corrected chi connectivity index (χ2v) is 40.6. The van der Waals surface area contributed by atoms with Crippen molar-refractivity contribution in [2.24, 2.45) is 0 Å². The van der Waals surface area contributed by atoms with Crippen LogP contribution >= 0.6 is 0 Å². The molecule has 0 bridgehead atoms. The molecule has 5 atom stereocenters. The topological polar surface area (TPSA) is 177 Å². The maximum atomic E-state index is 11.1. The zero-order valence-electron chi connectivity index (χ0n) is 37.2. The molecule has 3 aliphatic rings. The van der Waals surface area contributed by atoms with Gasteiger partial charge in [0.25, 0.3) is 55.7 Å². The molecule has 0 aromatic carbocycles. The zero-order valence-corrected chi connectivity index (χ0v) is 48.1. The van der Waals surface area contributed by atoms with Crippen LogP contribution in [0.1, 0.15) is 19.8 Å². The molecule has 28 heteroatoms. The second kappa shape index (κ2) is 28.4. The Kier molecular flexibility index (Phi) is 27.8. The first kappa shape index (κ1) is 55.8. The Balaban J connectivity index is 0.000000432. The number of carbonyl (C=O) groups is 1. The third-order valence-corrected chi connectivity index (χ3v) is 42.8. The van der Waals surface area contributed by atoms with Crippen LogP contribution in [-0.4, -0.2) is 172 Å². The van der Waals surface area contributed by atoms with Gasteiger partial charge in [-0.3, -0.25) is 0 Å². The van der Waals surface area contributed by atoms with Crippen LogP contribution in [0.25, 0.3) is 0 Å². The highest BCUT2D eigenvalue weighted by Gasteiger charge is 2.46. The highest BCUT2D eigenvalue weighted by atomic mass is 28.5. The molecule has 0 aromatic heterocycles. The van der Waals surface area contributed by atoms with Crippen LogP contribution in [0.3, 0.4) is 0 Å². The van der Waals surface area contributed by atoms with Gasteiger partial charge in [-0.15, -0.1) is 0 Å². The quantitative estimate of drug-likeness (QED) is 0.0571. The largest absolute Gasteiger partial charge is 0.500 e. The van der Waals surface area contributed by atoms with Crippen molar-refractivity contribution in [3.05, 3.63) is 12.2 Å². The lowest BCUT2D eigenvalue weighted by Crippen LogP contribution is -2.54. The fourth-order valence-corrected chi connectivity index (χ4v) is 40.3. The maximum Gasteiger partial charge on any atom is 0.500 e. The SMILES string of the molecule is C=C(C)C(=O)OCCC[Si](OC)(OC)OC.CO[Si](CC[Si]1(C)O[SiH](C)O[SiH](C)O[SiH](C)O1)(OC)OC.C[SiH]1O[SiH](C)O[Si](C)(CCCOCC2CO2)O[SiH](C)O1. The Bertz CT molecular complexity index is 1080. The molecule has 0 aliphatic carbocycles. The van der Waals surface area contributed by atoms with Crippen molar-refractivity contribution in [1.29, 1.82) is 0 Å². The van der Waals surface area contributed by atoms with Gasteiger partial charge in [0.2, 0.25) is 0 Å². The molecule has 3 saturated heterocycles. The van der Waals surface area contributed by atoms with Gasteiger partial charge in [0.15, 0.2) is 0 Å². The molecule has 0 aromatic rings. The van der Waals surface area contributed by atoms with E-state index in [1.165, 1.54) is 0 Å². The summed E-state index contributed by atoms with van der Waals surface area (Å²) in [5.41, 5.74) is 0.397. The molecule has 0 radical (unpaired) electrons. The lowest BCUT2D eigenvalue weighted by atomic mass is 10.4. The Morgan fingerprint density at radius 2 is 1.02 bits per heavy atom. The van der Waals surface area contributed by atoms with Crippen molar-refractivity contribution < 1.29 is 78.5 Å². The molecule has 3 heterocycles. The molecule has 3 rings (SSSR count). The molecule has 5 unspecified atom stereocenters. The van der Waals surface area contributed by atoms with Crippen LogP contribution in [0.2, 0.25) is 76.6 Å². The minimum atomic E-state index is -2.60. The van der Waals surface area contributed by atoms with E-state index in [0.29, 0.717) is 43.4 Å². The lowest BCUT2D eigenvalue weighted by molar-refractivity contribution is -0.139. The first-order chi connectivity index (χ1) is 26.8. The molecule has 3 aliphatic heterocycles. The molecule has 57 heavy (non-hydrogen) atoms. The summed E-state index contributed by atoms with van der Waals surface area (Å²) >= 11 is 0. The summed E-state index contributed by atoms with van der Waals surface area (Å²) in [6.45, 7) is 24.2. The molecular formula is C29H74O18Si10. The van der Waals surface area contributed by atoms with Crippen LogP contribution in [0.5, 0.6) is 0 Å². The van der Waals surface area contributed by atoms with E-state index in [9.17, 15) is 4.79 Å². The van der Waals surface area contributed by atoms with E-state index in [-0.39, 0.29) is 5.97 Å². The van der Waals surface area contributed by atoms with Crippen molar-refractivity contribution in [1.82, 2.24) is 0 Å². The number of epoxide rings is 1. The highest BCUT2D eigenvalue weighted by molar-refractivity contribution is 6.82. The van der Waals surface area contributed by atoms with Gasteiger partial charge >= 0.3 is 40.7 Å². The molecule has 3 fully saturated rings. The Morgan fingerprint density at radius 3 is 1.39 bits per heavy atom. The zero-order chi connectivity index (χ0) is 43.3. The Hall–Kier alpha value is 0.739. The van der Waals surface area contributed by atoms with E-state index in [0.717, 1.165) is 31.7 Å². The van der Waals surface area contributed by atoms with Crippen molar-refractivity contribution in [2.75, 3.05) is 69.1 Å². The molecule has 338 valence electrons. The first-order valence-corrected chi connectivity index (χ1v) is 40.9. The summed E-state index contributed by atoms with van der Waals surface area (Å²) in [5, 5.41) is 0. The standard InChI is InChI=1S/C10H26O6Si4.C10H20O5Si.C9H28O7Si5/c1-17-13-18(2)15-20(4,16-19(3)14-17)7-5-6-11-8-10-9-12-10;1-9(2)10(11)15-7-6-8-16(12-3,13-4)14-5;1-10-21(11-2,12-3)9-8-20(7)15-18(5)13-17(4)14-19(6)16-20/h10,17-19H,5-9H2,1-4H3;1,6-8H2,2-5H3;17-19H,8-9H2,1-7H3. The average Bonchev–Trinajstić information content (AvgIpc) is 3.96. The van der Waals surface area contributed by atoms with E-state index in [1.807, 2.05) is 19.6 Å². The van der Waals surface area contributed by atoms with Gasteiger partial charge in [-0.05, 0) is 84.2 Å². The van der Waals surface area contributed by atoms with Gasteiger partial charge in [0.05, 0.1) is 19.8 Å². The maximum absolute atomic E-state index is 11.1. The summed E-state index contributed by atoms with van der Waals surface area (Å²) in [6.07, 6.45) is 1.94. The highest BCUT2D eigenvalue weighted by Crippen LogP contribution is 2.27. The van der Waals surface area contributed by atoms with Gasteiger partial charge in [-0.1, -0.05) is 6.58 Å². The fourth-order valence-electron chi connectivity index (χ4n) is 5.89. The van der Waals surface area contributed by atoms with E-state index < -0.39 is 90.4 Å². The molecule has 18 nitrogen and oxygen atoms in total. The minimum Gasteiger partial charge on any atom is -0.462 e. The Labute approximate surface area is 356 Å². The summed E-state index contributed by atoms with van der Waals surface area (Å²) in [7, 11) is -9.83. The van der Waals surface area contributed by atoms with Gasteiger partial charge in [0.1, 0.15) is 6.10 Å². The van der Waals surface area contributed by atoms with Crippen LogP contribution in [0.4, 0.5) is 0 Å². The van der Waals surface area contributed by atoms with Crippen molar-refractivity contribution in [3.63, 3.8) is 0 Å². The third-order valence-electron chi connectivity index (χ3n) is 8.78. The Morgan fingerprint density at radius 1 is 0.632 bits per heavy atom. The van der Waals surface area contributed by atoms with Gasteiger partial charge < -0.3 is 73.7 Å². The monoisotopic (exact) mass is 990 g/mol. The number of carbonyl (C=O) groups excluding carboxylic acids is 1. The van der Waals surface area contributed by atoms with Gasteiger partial charge in [-0.2, -0.15) is 0 Å². The van der Waals surface area contributed by atoms with Crippen LogP contribution < -0.4 is 0 Å². The molecule has 0 spiro atoms. The third kappa shape index (κ3) is 23.1. The fraction of sp³-hybridized carbons (Fsp3) is 0.897.